The van der Waals surface area contributed by atoms with Gasteiger partial charge in [-0.3, -0.25) is 9.59 Å². The van der Waals surface area contributed by atoms with E-state index in [-0.39, 0.29) is 12.2 Å². The highest BCUT2D eigenvalue weighted by Gasteiger charge is 1.99. The van der Waals surface area contributed by atoms with Crippen LogP contribution in [0.2, 0.25) is 0 Å². The third-order valence-corrected chi connectivity index (χ3v) is 3.37. The summed E-state index contributed by atoms with van der Waals surface area (Å²) < 4.78 is 0. The normalized spacial score (nSPS) is 11.5. The molecule has 0 aromatic rings. The molecular weight excluding hydrogens is 280 g/mol. The van der Waals surface area contributed by atoms with Gasteiger partial charge in [0.05, 0.1) is 0 Å². The van der Waals surface area contributed by atoms with Gasteiger partial charge >= 0.3 is 5.97 Å². The monoisotopic (exact) mass is 310 g/mol. The number of carbonyl (C=O) groups is 2. The number of unbranched alkanes of at least 4 members (excludes halogenated alkanes) is 7. The lowest BCUT2D eigenvalue weighted by Crippen LogP contribution is -1.97. The maximum Gasteiger partial charge on any atom is 0.303 e. The number of hydrogen-bond donors (Lipinski definition) is 2. The Balaban J connectivity index is 3.40. The molecule has 0 saturated carbocycles. The van der Waals surface area contributed by atoms with Crippen molar-refractivity contribution in [3.05, 3.63) is 24.3 Å². The summed E-state index contributed by atoms with van der Waals surface area (Å²) in [4.78, 5) is 21.7. The van der Waals surface area contributed by atoms with E-state index >= 15 is 0 Å². The predicted molar refractivity (Wildman–Crippen MR) is 88.8 cm³/mol. The molecule has 0 aliphatic heterocycles. The first kappa shape index (κ1) is 20.6. The topological polar surface area (TPSA) is 74.6 Å². The first-order valence-electron chi connectivity index (χ1n) is 8.35. The average molecular weight is 310 g/mol. The van der Waals surface area contributed by atoms with Crippen molar-refractivity contribution in [2.75, 3.05) is 6.61 Å². The van der Waals surface area contributed by atoms with Gasteiger partial charge in [-0.2, -0.15) is 0 Å². The summed E-state index contributed by atoms with van der Waals surface area (Å²) in [6.45, 7) is 0.306. The number of carboxylic acid groups (broad SMARTS) is 1. The largest absolute Gasteiger partial charge is 0.481 e. The summed E-state index contributed by atoms with van der Waals surface area (Å²) in [6, 6.07) is 0. The SMILES string of the molecule is O=C(O)CCCC(=O)C=CC=CCCCCCCCCCO. The van der Waals surface area contributed by atoms with Crippen molar-refractivity contribution in [2.45, 2.75) is 70.6 Å². The number of rotatable bonds is 15. The lowest BCUT2D eigenvalue weighted by Gasteiger charge is -1.99. The van der Waals surface area contributed by atoms with Gasteiger partial charge in [-0.25, -0.2) is 0 Å². The Morgan fingerprint density at radius 1 is 0.773 bits per heavy atom. The number of hydrogen-bond acceptors (Lipinski definition) is 3. The fraction of sp³-hybridized carbons (Fsp3) is 0.667. The molecule has 126 valence electrons. The molecule has 0 fully saturated rings. The van der Waals surface area contributed by atoms with Gasteiger partial charge in [-0.1, -0.05) is 50.3 Å². The van der Waals surface area contributed by atoms with Crippen LogP contribution in [0.4, 0.5) is 0 Å². The Morgan fingerprint density at radius 2 is 1.41 bits per heavy atom. The van der Waals surface area contributed by atoms with E-state index in [1.165, 1.54) is 31.8 Å². The summed E-state index contributed by atoms with van der Waals surface area (Å²) in [7, 11) is 0. The predicted octanol–water partition coefficient (Wildman–Crippen LogP) is 4.04. The maximum atomic E-state index is 11.4. The van der Waals surface area contributed by atoms with E-state index in [1.54, 1.807) is 6.08 Å². The highest BCUT2D eigenvalue weighted by atomic mass is 16.4. The van der Waals surface area contributed by atoms with Crippen molar-refractivity contribution in [3.63, 3.8) is 0 Å². The van der Waals surface area contributed by atoms with Crippen LogP contribution in [0.25, 0.3) is 0 Å². The van der Waals surface area contributed by atoms with Gasteiger partial charge in [0.1, 0.15) is 0 Å². The lowest BCUT2D eigenvalue weighted by atomic mass is 10.1. The number of allylic oxidation sites excluding steroid dienone is 4. The Bertz CT molecular complexity index is 345. The zero-order valence-electron chi connectivity index (χ0n) is 13.5. The third kappa shape index (κ3) is 16.6. The minimum absolute atomic E-state index is 0.0196. The Morgan fingerprint density at radius 3 is 2.05 bits per heavy atom. The molecule has 0 atom stereocenters. The fourth-order valence-corrected chi connectivity index (χ4v) is 2.09. The third-order valence-electron chi connectivity index (χ3n) is 3.37. The van der Waals surface area contributed by atoms with E-state index in [0.29, 0.717) is 19.4 Å². The summed E-state index contributed by atoms with van der Waals surface area (Å²) in [5, 5.41) is 17.1. The van der Waals surface area contributed by atoms with Crippen LogP contribution >= 0.6 is 0 Å². The minimum Gasteiger partial charge on any atom is -0.481 e. The van der Waals surface area contributed by atoms with Crippen LogP contribution in [0.3, 0.4) is 0 Å². The molecule has 0 bridgehead atoms. The molecule has 0 heterocycles. The first-order valence-corrected chi connectivity index (χ1v) is 8.35. The van der Waals surface area contributed by atoms with Crippen LogP contribution in [0.5, 0.6) is 0 Å². The fourth-order valence-electron chi connectivity index (χ4n) is 2.09. The molecule has 2 N–H and O–H groups in total. The first-order chi connectivity index (χ1) is 10.7. The smallest absolute Gasteiger partial charge is 0.303 e. The lowest BCUT2D eigenvalue weighted by molar-refractivity contribution is -0.137. The van der Waals surface area contributed by atoms with Gasteiger partial charge in [0, 0.05) is 19.4 Å². The van der Waals surface area contributed by atoms with Crippen molar-refractivity contribution >= 4 is 11.8 Å². The molecule has 0 aromatic carbocycles. The number of aliphatic hydroxyl groups excluding tert-OH is 1. The molecule has 0 radical (unpaired) electrons. The quantitative estimate of drug-likeness (QED) is 0.272. The molecule has 0 amide bonds. The van der Waals surface area contributed by atoms with E-state index in [4.69, 9.17) is 10.2 Å². The second-order valence-corrected chi connectivity index (χ2v) is 5.49. The second-order valence-electron chi connectivity index (χ2n) is 5.49. The molecule has 0 saturated heterocycles. The van der Waals surface area contributed by atoms with Crippen LogP contribution < -0.4 is 0 Å². The summed E-state index contributed by atoms with van der Waals surface area (Å²) in [6.07, 6.45) is 17.1. The van der Waals surface area contributed by atoms with E-state index < -0.39 is 5.97 Å². The number of carboxylic acids is 1. The molecule has 4 heteroatoms. The van der Waals surface area contributed by atoms with Crippen LogP contribution in [0.1, 0.15) is 70.6 Å². The Hall–Kier alpha value is -1.42. The summed E-state index contributed by atoms with van der Waals surface area (Å²) in [5.41, 5.74) is 0. The van der Waals surface area contributed by atoms with Gasteiger partial charge < -0.3 is 10.2 Å². The molecule has 0 spiro atoms. The van der Waals surface area contributed by atoms with Crippen molar-refractivity contribution < 1.29 is 19.8 Å². The standard InChI is InChI=1S/C18H30O4/c19-16-11-9-7-5-3-1-2-4-6-8-10-13-17(20)14-12-15-18(21)22/h6,8,10,13,19H,1-5,7,9,11-12,14-16H2,(H,21,22). The second kappa shape index (κ2) is 16.0. The molecule has 0 aliphatic carbocycles. The van der Waals surface area contributed by atoms with Gasteiger partial charge in [0.15, 0.2) is 5.78 Å². The molecule has 22 heavy (non-hydrogen) atoms. The van der Waals surface area contributed by atoms with Crippen molar-refractivity contribution in [1.29, 1.82) is 0 Å². The van der Waals surface area contributed by atoms with Gasteiger partial charge in [-0.05, 0) is 31.8 Å². The van der Waals surface area contributed by atoms with Gasteiger partial charge in [0.25, 0.3) is 0 Å². The molecule has 0 aromatic heterocycles. The summed E-state index contributed by atoms with van der Waals surface area (Å²) in [5.74, 6) is -0.876. The van der Waals surface area contributed by atoms with E-state index in [1.807, 2.05) is 6.08 Å². The maximum absolute atomic E-state index is 11.4. The van der Waals surface area contributed by atoms with E-state index in [0.717, 1.165) is 25.7 Å². The molecule has 4 nitrogen and oxygen atoms in total. The minimum atomic E-state index is -0.856. The summed E-state index contributed by atoms with van der Waals surface area (Å²) >= 11 is 0. The molecule has 0 aliphatic rings. The molecule has 0 rings (SSSR count). The van der Waals surface area contributed by atoms with Gasteiger partial charge in [-0.15, -0.1) is 0 Å². The van der Waals surface area contributed by atoms with E-state index in [9.17, 15) is 9.59 Å². The number of carbonyl (C=O) groups excluding carboxylic acids is 1. The average Bonchev–Trinajstić information content (AvgIpc) is 2.48. The van der Waals surface area contributed by atoms with Crippen molar-refractivity contribution in [3.8, 4) is 0 Å². The van der Waals surface area contributed by atoms with Crippen LogP contribution in [-0.4, -0.2) is 28.6 Å². The Kier molecular flexibility index (Phi) is 14.9. The van der Waals surface area contributed by atoms with Gasteiger partial charge in [0.2, 0.25) is 0 Å². The Labute approximate surface area is 133 Å². The van der Waals surface area contributed by atoms with Crippen LogP contribution in [0, 0.1) is 0 Å². The molecule has 0 unspecified atom stereocenters. The highest BCUT2D eigenvalue weighted by molar-refractivity contribution is 5.90. The number of aliphatic hydroxyl groups is 1. The zero-order valence-corrected chi connectivity index (χ0v) is 13.5. The number of ketones is 1. The molecular formula is C18H30O4. The number of aliphatic carboxylic acids is 1. The highest BCUT2D eigenvalue weighted by Crippen LogP contribution is 2.08. The van der Waals surface area contributed by atoms with Crippen molar-refractivity contribution in [1.82, 2.24) is 0 Å². The van der Waals surface area contributed by atoms with Crippen LogP contribution in [-0.2, 0) is 9.59 Å². The van der Waals surface area contributed by atoms with Crippen molar-refractivity contribution in [2.24, 2.45) is 0 Å². The van der Waals surface area contributed by atoms with Crippen LogP contribution in [0.15, 0.2) is 24.3 Å². The van der Waals surface area contributed by atoms with E-state index in [2.05, 4.69) is 6.08 Å². The zero-order chi connectivity index (χ0) is 16.5.